The van der Waals surface area contributed by atoms with E-state index in [1.54, 1.807) is 6.20 Å². The van der Waals surface area contributed by atoms with E-state index in [1.165, 1.54) is 17.5 Å². The molecular formula is C21H29N3O2. The Hall–Kier alpha value is -1.82. The van der Waals surface area contributed by atoms with Crippen molar-refractivity contribution in [2.45, 2.75) is 51.4 Å². The normalized spacial score (nSPS) is 17.3. The van der Waals surface area contributed by atoms with Crippen LogP contribution in [0.25, 0.3) is 0 Å². The third kappa shape index (κ3) is 6.83. The molecule has 0 saturated carbocycles. The van der Waals surface area contributed by atoms with E-state index in [4.69, 9.17) is 9.47 Å². The van der Waals surface area contributed by atoms with Crippen LogP contribution in [0.4, 0.5) is 0 Å². The molecule has 2 aromatic heterocycles. The Morgan fingerprint density at radius 3 is 3.00 bits per heavy atom. The van der Waals surface area contributed by atoms with Crippen LogP contribution in [0.2, 0.25) is 0 Å². The van der Waals surface area contributed by atoms with Gasteiger partial charge in [-0.25, -0.2) is 0 Å². The lowest BCUT2D eigenvalue weighted by molar-refractivity contribution is -0.162. The highest BCUT2D eigenvalue weighted by Crippen LogP contribution is 2.13. The molecule has 1 unspecified atom stereocenters. The summed E-state index contributed by atoms with van der Waals surface area (Å²) in [5.74, 6) is 0. The largest absolute Gasteiger partial charge is 0.353 e. The highest BCUT2D eigenvalue weighted by molar-refractivity contribution is 5.18. The monoisotopic (exact) mass is 355 g/mol. The SMILES string of the molecule is c1cncc(CCc2cc(CNCCCOC3CCCCO3)ccn2)c1. The Morgan fingerprint density at radius 2 is 2.15 bits per heavy atom. The van der Waals surface area contributed by atoms with Crippen molar-refractivity contribution in [2.75, 3.05) is 19.8 Å². The van der Waals surface area contributed by atoms with E-state index in [0.717, 1.165) is 64.1 Å². The third-order valence-electron chi connectivity index (χ3n) is 4.54. The molecule has 3 rings (SSSR count). The first-order valence-corrected chi connectivity index (χ1v) is 9.67. The topological polar surface area (TPSA) is 56.3 Å². The first kappa shape index (κ1) is 19.0. The molecule has 0 radical (unpaired) electrons. The summed E-state index contributed by atoms with van der Waals surface area (Å²) in [6.45, 7) is 3.40. The quantitative estimate of drug-likeness (QED) is 0.663. The van der Waals surface area contributed by atoms with Gasteiger partial charge < -0.3 is 14.8 Å². The summed E-state index contributed by atoms with van der Waals surface area (Å²) >= 11 is 0. The molecule has 1 N–H and O–H groups in total. The molecule has 0 bridgehead atoms. The van der Waals surface area contributed by atoms with Crippen molar-refractivity contribution >= 4 is 0 Å². The number of pyridine rings is 2. The predicted octanol–water partition coefficient (Wildman–Crippen LogP) is 3.28. The minimum Gasteiger partial charge on any atom is -0.353 e. The molecule has 3 heterocycles. The zero-order chi connectivity index (χ0) is 17.9. The van der Waals surface area contributed by atoms with Gasteiger partial charge in [0.15, 0.2) is 6.29 Å². The number of hydrogen-bond donors (Lipinski definition) is 1. The van der Waals surface area contributed by atoms with E-state index < -0.39 is 0 Å². The van der Waals surface area contributed by atoms with Crippen LogP contribution in [0, 0.1) is 0 Å². The fourth-order valence-corrected chi connectivity index (χ4v) is 3.08. The average molecular weight is 355 g/mol. The van der Waals surface area contributed by atoms with Gasteiger partial charge in [0.25, 0.3) is 0 Å². The van der Waals surface area contributed by atoms with Crippen molar-refractivity contribution in [1.29, 1.82) is 0 Å². The predicted molar refractivity (Wildman–Crippen MR) is 102 cm³/mol. The molecule has 0 aromatic carbocycles. The van der Waals surface area contributed by atoms with Crippen LogP contribution in [0.3, 0.4) is 0 Å². The Kier molecular flexibility index (Phi) is 8.03. The van der Waals surface area contributed by atoms with Gasteiger partial charge in [0, 0.05) is 37.4 Å². The number of ether oxygens (including phenoxy) is 2. The van der Waals surface area contributed by atoms with Crippen LogP contribution in [0.1, 0.15) is 42.5 Å². The molecule has 1 aliphatic heterocycles. The maximum absolute atomic E-state index is 5.75. The van der Waals surface area contributed by atoms with Crippen molar-refractivity contribution in [3.8, 4) is 0 Å². The number of rotatable bonds is 10. The Labute approximate surface area is 156 Å². The molecule has 5 heteroatoms. The van der Waals surface area contributed by atoms with Crippen LogP contribution in [-0.2, 0) is 28.9 Å². The second kappa shape index (κ2) is 11.0. The summed E-state index contributed by atoms with van der Waals surface area (Å²) in [5.41, 5.74) is 3.66. The first-order valence-electron chi connectivity index (χ1n) is 9.67. The Bertz CT molecular complexity index is 630. The van der Waals surface area contributed by atoms with Crippen molar-refractivity contribution in [2.24, 2.45) is 0 Å². The van der Waals surface area contributed by atoms with E-state index in [9.17, 15) is 0 Å². The lowest BCUT2D eigenvalue weighted by Gasteiger charge is -2.22. The molecule has 0 spiro atoms. The number of aromatic nitrogens is 2. The van der Waals surface area contributed by atoms with Crippen LogP contribution >= 0.6 is 0 Å². The lowest BCUT2D eigenvalue weighted by atomic mass is 10.1. The van der Waals surface area contributed by atoms with E-state index in [2.05, 4.69) is 33.5 Å². The number of nitrogens with zero attached hydrogens (tertiary/aromatic N) is 2. The molecule has 0 amide bonds. The van der Waals surface area contributed by atoms with Crippen LogP contribution < -0.4 is 5.32 Å². The maximum Gasteiger partial charge on any atom is 0.157 e. The molecule has 26 heavy (non-hydrogen) atoms. The molecule has 1 aliphatic rings. The summed E-state index contributed by atoms with van der Waals surface area (Å²) in [7, 11) is 0. The highest BCUT2D eigenvalue weighted by Gasteiger charge is 2.13. The van der Waals surface area contributed by atoms with Crippen molar-refractivity contribution in [3.63, 3.8) is 0 Å². The summed E-state index contributed by atoms with van der Waals surface area (Å²) in [6.07, 6.45) is 12.0. The van der Waals surface area contributed by atoms with Gasteiger partial charge in [0.1, 0.15) is 0 Å². The molecule has 1 fully saturated rings. The minimum atomic E-state index is 0.0197. The number of hydrogen-bond acceptors (Lipinski definition) is 5. The Morgan fingerprint density at radius 1 is 1.15 bits per heavy atom. The zero-order valence-electron chi connectivity index (χ0n) is 15.4. The van der Waals surface area contributed by atoms with Crippen LogP contribution in [-0.4, -0.2) is 36.0 Å². The fraction of sp³-hybridized carbons (Fsp3) is 0.524. The van der Waals surface area contributed by atoms with Crippen LogP contribution in [0.5, 0.6) is 0 Å². The first-order chi connectivity index (χ1) is 12.9. The second-order valence-corrected chi connectivity index (χ2v) is 6.71. The van der Waals surface area contributed by atoms with Gasteiger partial charge in [-0.15, -0.1) is 0 Å². The standard InChI is InChI=1S/C21H29N3O2/c1-2-13-25-21(6-1)26-14-4-11-23-17-19-9-12-24-20(15-19)8-7-18-5-3-10-22-16-18/h3,5,9-10,12,15-16,21,23H,1-2,4,6-8,11,13-14,17H2. The van der Waals surface area contributed by atoms with Gasteiger partial charge in [-0.1, -0.05) is 6.07 Å². The van der Waals surface area contributed by atoms with E-state index >= 15 is 0 Å². The van der Waals surface area contributed by atoms with E-state index in [0.29, 0.717) is 0 Å². The van der Waals surface area contributed by atoms with Gasteiger partial charge in [0.05, 0.1) is 6.61 Å². The maximum atomic E-state index is 5.75. The summed E-state index contributed by atoms with van der Waals surface area (Å²) in [5, 5.41) is 3.48. The van der Waals surface area contributed by atoms with Gasteiger partial charge in [-0.2, -0.15) is 0 Å². The lowest BCUT2D eigenvalue weighted by Crippen LogP contribution is -2.24. The second-order valence-electron chi connectivity index (χ2n) is 6.71. The van der Waals surface area contributed by atoms with Gasteiger partial charge >= 0.3 is 0 Å². The number of nitrogens with one attached hydrogen (secondary N) is 1. The van der Waals surface area contributed by atoms with E-state index in [-0.39, 0.29) is 6.29 Å². The molecular weight excluding hydrogens is 326 g/mol. The average Bonchev–Trinajstić information content (AvgIpc) is 2.71. The zero-order valence-corrected chi connectivity index (χ0v) is 15.4. The molecule has 2 aromatic rings. The molecule has 0 aliphatic carbocycles. The minimum absolute atomic E-state index is 0.0197. The van der Waals surface area contributed by atoms with Crippen molar-refractivity contribution in [3.05, 3.63) is 59.7 Å². The summed E-state index contributed by atoms with van der Waals surface area (Å²) in [4.78, 5) is 8.64. The third-order valence-corrected chi connectivity index (χ3v) is 4.54. The van der Waals surface area contributed by atoms with Crippen LogP contribution in [0.15, 0.2) is 42.9 Å². The summed E-state index contributed by atoms with van der Waals surface area (Å²) < 4.78 is 11.3. The van der Waals surface area contributed by atoms with Crippen molar-refractivity contribution in [1.82, 2.24) is 15.3 Å². The highest BCUT2D eigenvalue weighted by atomic mass is 16.7. The molecule has 5 nitrogen and oxygen atoms in total. The molecule has 1 atom stereocenters. The van der Waals surface area contributed by atoms with Gasteiger partial charge in [-0.05, 0) is 74.4 Å². The fourth-order valence-electron chi connectivity index (χ4n) is 3.08. The number of aryl methyl sites for hydroxylation is 2. The van der Waals surface area contributed by atoms with Crippen molar-refractivity contribution < 1.29 is 9.47 Å². The smallest absolute Gasteiger partial charge is 0.157 e. The Balaban J connectivity index is 1.31. The van der Waals surface area contributed by atoms with Gasteiger partial charge in [-0.3, -0.25) is 9.97 Å². The van der Waals surface area contributed by atoms with E-state index in [1.807, 2.05) is 18.5 Å². The summed E-state index contributed by atoms with van der Waals surface area (Å²) in [6, 6.07) is 8.36. The molecule has 1 saturated heterocycles. The molecule has 140 valence electrons. The van der Waals surface area contributed by atoms with Gasteiger partial charge in [0.2, 0.25) is 0 Å².